The van der Waals surface area contributed by atoms with Gasteiger partial charge in [-0.15, -0.1) is 22.7 Å². The topological polar surface area (TPSA) is 42.0 Å². The zero-order valence-electron chi connectivity index (χ0n) is 12.0. The SMILES string of the molecule is Cc1ccc(NC(=O)c2csc(-c3ccc(C)s3)n2)c(Br)c1. The van der Waals surface area contributed by atoms with Crippen LogP contribution in [0.15, 0.2) is 40.2 Å². The van der Waals surface area contributed by atoms with E-state index in [1.54, 1.807) is 16.7 Å². The van der Waals surface area contributed by atoms with Crippen LogP contribution in [0.3, 0.4) is 0 Å². The maximum Gasteiger partial charge on any atom is 0.275 e. The molecule has 0 bridgehead atoms. The highest BCUT2D eigenvalue weighted by atomic mass is 79.9. The van der Waals surface area contributed by atoms with Gasteiger partial charge < -0.3 is 5.32 Å². The van der Waals surface area contributed by atoms with Gasteiger partial charge in [0.15, 0.2) is 0 Å². The highest BCUT2D eigenvalue weighted by Crippen LogP contribution is 2.30. The van der Waals surface area contributed by atoms with Crippen LogP contribution < -0.4 is 5.32 Å². The summed E-state index contributed by atoms with van der Waals surface area (Å²) in [5.41, 5.74) is 2.32. The summed E-state index contributed by atoms with van der Waals surface area (Å²) < 4.78 is 0.866. The summed E-state index contributed by atoms with van der Waals surface area (Å²) in [4.78, 5) is 19.1. The summed E-state index contributed by atoms with van der Waals surface area (Å²) in [6, 6.07) is 9.91. The third-order valence-corrected chi connectivity index (χ3v) is 5.73. The van der Waals surface area contributed by atoms with Crippen LogP contribution in [0.1, 0.15) is 20.9 Å². The van der Waals surface area contributed by atoms with Crippen molar-refractivity contribution in [2.24, 2.45) is 0 Å². The molecule has 0 fully saturated rings. The van der Waals surface area contributed by atoms with Crippen molar-refractivity contribution in [2.45, 2.75) is 13.8 Å². The van der Waals surface area contributed by atoms with E-state index in [1.165, 1.54) is 16.2 Å². The maximum atomic E-state index is 12.3. The second kappa shape index (κ2) is 6.32. The van der Waals surface area contributed by atoms with Gasteiger partial charge in [-0.3, -0.25) is 4.79 Å². The first-order valence-corrected chi connectivity index (χ1v) is 9.11. The predicted octanol–water partition coefficient (Wildman–Crippen LogP) is 5.50. The Bertz CT molecular complexity index is 838. The van der Waals surface area contributed by atoms with E-state index in [2.05, 4.69) is 39.2 Å². The number of nitrogens with one attached hydrogen (secondary N) is 1. The molecule has 1 N–H and O–H groups in total. The first-order valence-electron chi connectivity index (χ1n) is 6.63. The van der Waals surface area contributed by atoms with E-state index < -0.39 is 0 Å². The van der Waals surface area contributed by atoms with E-state index in [0.717, 1.165) is 25.6 Å². The Labute approximate surface area is 145 Å². The fourth-order valence-electron chi connectivity index (χ4n) is 1.95. The molecule has 0 spiro atoms. The molecule has 6 heteroatoms. The van der Waals surface area contributed by atoms with Crippen molar-refractivity contribution in [2.75, 3.05) is 5.32 Å². The van der Waals surface area contributed by atoms with E-state index in [4.69, 9.17) is 0 Å². The summed E-state index contributed by atoms with van der Waals surface area (Å²) in [6.07, 6.45) is 0. The average Bonchev–Trinajstić information content (AvgIpc) is 3.10. The number of nitrogens with zero attached hydrogens (tertiary/aromatic N) is 1. The molecule has 0 unspecified atom stereocenters. The molecular weight excluding hydrogens is 380 g/mol. The Hall–Kier alpha value is -1.50. The molecule has 3 rings (SSSR count). The second-order valence-electron chi connectivity index (χ2n) is 4.89. The van der Waals surface area contributed by atoms with E-state index in [9.17, 15) is 4.79 Å². The van der Waals surface area contributed by atoms with Gasteiger partial charge in [-0.1, -0.05) is 6.07 Å². The summed E-state index contributed by atoms with van der Waals surface area (Å²) in [6.45, 7) is 4.07. The number of aromatic nitrogens is 1. The Morgan fingerprint density at radius 1 is 1.23 bits per heavy atom. The zero-order chi connectivity index (χ0) is 15.7. The minimum Gasteiger partial charge on any atom is -0.320 e. The van der Waals surface area contributed by atoms with Crippen LogP contribution in [-0.4, -0.2) is 10.9 Å². The van der Waals surface area contributed by atoms with E-state index >= 15 is 0 Å². The largest absolute Gasteiger partial charge is 0.320 e. The molecule has 3 aromatic rings. The normalized spacial score (nSPS) is 10.7. The van der Waals surface area contributed by atoms with Crippen LogP contribution >= 0.6 is 38.6 Å². The van der Waals surface area contributed by atoms with Crippen molar-refractivity contribution < 1.29 is 4.79 Å². The van der Waals surface area contributed by atoms with E-state index in [0.29, 0.717) is 5.69 Å². The van der Waals surface area contributed by atoms with Crippen LogP contribution in [0, 0.1) is 13.8 Å². The van der Waals surface area contributed by atoms with Gasteiger partial charge in [-0.05, 0) is 59.6 Å². The van der Waals surface area contributed by atoms with Crippen molar-refractivity contribution in [1.82, 2.24) is 4.98 Å². The lowest BCUT2D eigenvalue weighted by atomic mass is 10.2. The standard InChI is InChI=1S/C16H13BrN2OS2/c1-9-3-5-12(11(17)7-9)18-15(20)13-8-21-16(19-13)14-6-4-10(2)22-14/h3-8H,1-2H3,(H,18,20). The lowest BCUT2D eigenvalue weighted by molar-refractivity contribution is 0.102. The highest BCUT2D eigenvalue weighted by Gasteiger charge is 2.14. The molecule has 112 valence electrons. The molecule has 1 amide bonds. The molecule has 0 saturated heterocycles. The number of hydrogen-bond donors (Lipinski definition) is 1. The van der Waals surface area contributed by atoms with Crippen LogP contribution in [0.4, 0.5) is 5.69 Å². The fraction of sp³-hybridized carbons (Fsp3) is 0.125. The van der Waals surface area contributed by atoms with E-state index in [-0.39, 0.29) is 5.91 Å². The summed E-state index contributed by atoms with van der Waals surface area (Å²) >= 11 is 6.63. The highest BCUT2D eigenvalue weighted by molar-refractivity contribution is 9.10. The van der Waals surface area contributed by atoms with Crippen molar-refractivity contribution in [3.8, 4) is 9.88 Å². The number of aryl methyl sites for hydroxylation is 2. The molecule has 22 heavy (non-hydrogen) atoms. The first-order chi connectivity index (χ1) is 10.5. The molecule has 0 aliphatic carbocycles. The van der Waals surface area contributed by atoms with Gasteiger partial charge >= 0.3 is 0 Å². The van der Waals surface area contributed by atoms with Crippen LogP contribution in [-0.2, 0) is 0 Å². The third-order valence-electron chi connectivity index (χ3n) is 3.06. The number of carbonyl (C=O) groups excluding carboxylic acids is 1. The number of benzene rings is 1. The van der Waals surface area contributed by atoms with Gasteiger partial charge in [0.25, 0.3) is 5.91 Å². The molecule has 0 atom stereocenters. The smallest absolute Gasteiger partial charge is 0.275 e. The maximum absolute atomic E-state index is 12.3. The molecule has 2 aromatic heterocycles. The monoisotopic (exact) mass is 392 g/mol. The van der Waals surface area contributed by atoms with Crippen molar-refractivity contribution in [1.29, 1.82) is 0 Å². The quantitative estimate of drug-likeness (QED) is 0.638. The molecule has 0 saturated carbocycles. The predicted molar refractivity (Wildman–Crippen MR) is 97.0 cm³/mol. The molecule has 3 nitrogen and oxygen atoms in total. The lowest BCUT2D eigenvalue weighted by Crippen LogP contribution is -2.12. The fourth-order valence-corrected chi connectivity index (χ4v) is 4.28. The number of anilines is 1. The average molecular weight is 393 g/mol. The zero-order valence-corrected chi connectivity index (χ0v) is 15.2. The Kier molecular flexibility index (Phi) is 4.42. The van der Waals surface area contributed by atoms with Crippen LogP contribution in [0.25, 0.3) is 9.88 Å². The molecule has 0 radical (unpaired) electrons. The Morgan fingerprint density at radius 2 is 2.05 bits per heavy atom. The van der Waals surface area contributed by atoms with Gasteiger partial charge in [0.1, 0.15) is 10.7 Å². The second-order valence-corrected chi connectivity index (χ2v) is 7.89. The number of thiophene rings is 1. The van der Waals surface area contributed by atoms with Gasteiger partial charge in [0.05, 0.1) is 10.6 Å². The number of amides is 1. The van der Waals surface area contributed by atoms with Gasteiger partial charge in [0, 0.05) is 14.7 Å². The van der Waals surface area contributed by atoms with Crippen LogP contribution in [0.5, 0.6) is 0 Å². The lowest BCUT2D eigenvalue weighted by Gasteiger charge is -2.06. The summed E-state index contributed by atoms with van der Waals surface area (Å²) in [7, 11) is 0. The number of rotatable bonds is 3. The minimum absolute atomic E-state index is 0.194. The third kappa shape index (κ3) is 3.29. The number of halogens is 1. The van der Waals surface area contributed by atoms with Crippen LogP contribution in [0.2, 0.25) is 0 Å². The Morgan fingerprint density at radius 3 is 2.73 bits per heavy atom. The number of carbonyl (C=O) groups is 1. The number of hydrogen-bond acceptors (Lipinski definition) is 4. The Balaban J connectivity index is 1.79. The summed E-state index contributed by atoms with van der Waals surface area (Å²) in [5, 5.41) is 5.56. The van der Waals surface area contributed by atoms with Gasteiger partial charge in [-0.2, -0.15) is 0 Å². The molecule has 1 aromatic carbocycles. The van der Waals surface area contributed by atoms with Crippen molar-refractivity contribution >= 4 is 50.2 Å². The molecule has 2 heterocycles. The number of thiazole rings is 1. The van der Waals surface area contributed by atoms with E-state index in [1.807, 2.05) is 31.2 Å². The summed E-state index contributed by atoms with van der Waals surface area (Å²) in [5.74, 6) is -0.194. The van der Waals surface area contributed by atoms with Gasteiger partial charge in [-0.25, -0.2) is 4.98 Å². The molecule has 0 aliphatic rings. The minimum atomic E-state index is -0.194. The first kappa shape index (κ1) is 15.4. The van der Waals surface area contributed by atoms with Crippen molar-refractivity contribution in [3.63, 3.8) is 0 Å². The van der Waals surface area contributed by atoms with Crippen molar-refractivity contribution in [3.05, 3.63) is 56.3 Å². The van der Waals surface area contributed by atoms with Gasteiger partial charge in [0.2, 0.25) is 0 Å². The molecule has 0 aliphatic heterocycles. The molecular formula is C16H13BrN2OS2.